The second-order valence-corrected chi connectivity index (χ2v) is 6.00. The first-order valence-corrected chi connectivity index (χ1v) is 8.06. The summed E-state index contributed by atoms with van der Waals surface area (Å²) >= 11 is 0. The van der Waals surface area contributed by atoms with Gasteiger partial charge in [-0.05, 0) is 17.2 Å². The van der Waals surface area contributed by atoms with E-state index >= 15 is 0 Å². The normalized spacial score (nSPS) is 14.3. The molecule has 0 amide bonds. The number of rotatable bonds is 4. The molecule has 4 rings (SSSR count). The third-order valence-corrected chi connectivity index (χ3v) is 4.49. The molecule has 1 aliphatic rings. The average molecular weight is 318 g/mol. The lowest BCUT2D eigenvalue weighted by molar-refractivity contribution is -0.141. The highest BCUT2D eigenvalue weighted by Crippen LogP contribution is 2.33. The highest BCUT2D eigenvalue weighted by Gasteiger charge is 2.28. The number of hydrogen-bond acceptors (Lipinski definition) is 3. The lowest BCUT2D eigenvalue weighted by Gasteiger charge is -2.17. The number of ether oxygens (including phenoxy) is 1. The molecule has 0 spiro atoms. The van der Waals surface area contributed by atoms with E-state index in [-0.39, 0.29) is 11.9 Å². The first-order chi connectivity index (χ1) is 11.7. The predicted molar refractivity (Wildman–Crippen MR) is 94.4 cm³/mol. The van der Waals surface area contributed by atoms with Gasteiger partial charge in [0.25, 0.3) is 0 Å². The van der Waals surface area contributed by atoms with Crippen LogP contribution in [0.3, 0.4) is 0 Å². The van der Waals surface area contributed by atoms with E-state index in [4.69, 9.17) is 9.73 Å². The standard InChI is InChI=1S/C20H18N2O2/c1-13(23)24-12-18(17-11-21-19-9-5-4-8-16(17)19)20-15-7-3-2-6-14(15)10-22-20/h2-9,11,18,21H,10,12H2,1H3. The van der Waals surface area contributed by atoms with Crippen LogP contribution in [0.1, 0.15) is 29.5 Å². The summed E-state index contributed by atoms with van der Waals surface area (Å²) in [5.74, 6) is -0.347. The van der Waals surface area contributed by atoms with Crippen LogP contribution in [-0.2, 0) is 16.1 Å². The minimum Gasteiger partial charge on any atom is -0.465 e. The molecule has 4 heteroatoms. The summed E-state index contributed by atoms with van der Waals surface area (Å²) in [4.78, 5) is 19.4. The number of carbonyl (C=O) groups is 1. The molecule has 0 aliphatic carbocycles. The number of aliphatic imine (C=N–C) groups is 1. The van der Waals surface area contributed by atoms with E-state index in [2.05, 4.69) is 23.2 Å². The van der Waals surface area contributed by atoms with E-state index in [1.807, 2.05) is 36.5 Å². The minimum absolute atomic E-state index is 0.0753. The molecule has 0 saturated carbocycles. The summed E-state index contributed by atoms with van der Waals surface area (Å²) in [6.45, 7) is 2.42. The van der Waals surface area contributed by atoms with Gasteiger partial charge in [-0.2, -0.15) is 0 Å². The van der Waals surface area contributed by atoms with E-state index in [9.17, 15) is 4.79 Å². The van der Waals surface area contributed by atoms with Crippen LogP contribution in [0.15, 0.2) is 59.7 Å². The monoisotopic (exact) mass is 318 g/mol. The number of para-hydroxylation sites is 1. The largest absolute Gasteiger partial charge is 0.465 e. The third-order valence-electron chi connectivity index (χ3n) is 4.49. The lowest BCUT2D eigenvalue weighted by Crippen LogP contribution is -2.19. The topological polar surface area (TPSA) is 54.4 Å². The minimum atomic E-state index is -0.272. The first-order valence-electron chi connectivity index (χ1n) is 8.06. The number of esters is 1. The van der Waals surface area contributed by atoms with Gasteiger partial charge in [-0.25, -0.2) is 0 Å². The van der Waals surface area contributed by atoms with Crippen molar-refractivity contribution >= 4 is 22.6 Å². The molecule has 2 aromatic carbocycles. The summed E-state index contributed by atoms with van der Waals surface area (Å²) < 4.78 is 5.37. The van der Waals surface area contributed by atoms with E-state index in [0.717, 1.165) is 27.7 Å². The van der Waals surface area contributed by atoms with Crippen LogP contribution >= 0.6 is 0 Å². The first kappa shape index (κ1) is 14.7. The number of nitrogens with zero attached hydrogens (tertiary/aromatic N) is 1. The molecule has 3 aromatic rings. The fourth-order valence-corrected chi connectivity index (χ4v) is 3.36. The summed E-state index contributed by atoms with van der Waals surface area (Å²) in [6, 6.07) is 16.4. The second-order valence-electron chi connectivity index (χ2n) is 6.00. The number of carbonyl (C=O) groups excluding carboxylic acids is 1. The van der Waals surface area contributed by atoms with E-state index in [0.29, 0.717) is 13.2 Å². The molecule has 1 N–H and O–H groups in total. The van der Waals surface area contributed by atoms with Crippen LogP contribution in [-0.4, -0.2) is 23.3 Å². The Morgan fingerprint density at radius 3 is 2.88 bits per heavy atom. The van der Waals surface area contributed by atoms with Gasteiger partial charge in [0.1, 0.15) is 6.61 Å². The average Bonchev–Trinajstić information content (AvgIpc) is 3.20. The molecule has 24 heavy (non-hydrogen) atoms. The van der Waals surface area contributed by atoms with Crippen molar-refractivity contribution in [3.8, 4) is 0 Å². The Kier molecular flexibility index (Phi) is 3.65. The molecule has 0 saturated heterocycles. The Bertz CT molecular complexity index is 939. The molecule has 120 valence electrons. The SMILES string of the molecule is CC(=O)OCC(C1=NCc2ccccc21)c1c[nH]c2ccccc12. The van der Waals surface area contributed by atoms with Crippen LogP contribution in [0.4, 0.5) is 0 Å². The van der Waals surface area contributed by atoms with Crippen molar-refractivity contribution < 1.29 is 9.53 Å². The predicted octanol–water partition coefficient (Wildman–Crippen LogP) is 3.82. The van der Waals surface area contributed by atoms with Gasteiger partial charge in [-0.3, -0.25) is 9.79 Å². The zero-order valence-corrected chi connectivity index (χ0v) is 13.5. The van der Waals surface area contributed by atoms with Crippen molar-refractivity contribution in [1.82, 2.24) is 4.98 Å². The Labute approximate surface area is 140 Å². The van der Waals surface area contributed by atoms with Gasteiger partial charge in [0.15, 0.2) is 0 Å². The van der Waals surface area contributed by atoms with Gasteiger partial charge in [0.05, 0.1) is 18.2 Å². The van der Waals surface area contributed by atoms with Crippen LogP contribution in [0.2, 0.25) is 0 Å². The number of hydrogen-bond donors (Lipinski definition) is 1. The Morgan fingerprint density at radius 2 is 2.00 bits per heavy atom. The van der Waals surface area contributed by atoms with E-state index in [1.165, 1.54) is 12.5 Å². The smallest absolute Gasteiger partial charge is 0.302 e. The molecule has 0 fully saturated rings. The van der Waals surface area contributed by atoms with Gasteiger partial charge >= 0.3 is 5.97 Å². The fourth-order valence-electron chi connectivity index (χ4n) is 3.36. The van der Waals surface area contributed by atoms with Gasteiger partial charge in [-0.1, -0.05) is 42.5 Å². The van der Waals surface area contributed by atoms with E-state index in [1.54, 1.807) is 0 Å². The Hall–Kier alpha value is -2.88. The van der Waals surface area contributed by atoms with Crippen LogP contribution in [0.25, 0.3) is 10.9 Å². The molecule has 1 unspecified atom stereocenters. The lowest BCUT2D eigenvalue weighted by atomic mass is 9.89. The maximum Gasteiger partial charge on any atom is 0.302 e. The van der Waals surface area contributed by atoms with Gasteiger partial charge in [0.2, 0.25) is 0 Å². The van der Waals surface area contributed by atoms with Gasteiger partial charge in [0, 0.05) is 29.6 Å². The molecule has 4 nitrogen and oxygen atoms in total. The van der Waals surface area contributed by atoms with Crippen LogP contribution in [0, 0.1) is 0 Å². The van der Waals surface area contributed by atoms with Crippen molar-refractivity contribution in [3.05, 3.63) is 71.4 Å². The number of nitrogens with one attached hydrogen (secondary N) is 1. The molecular formula is C20H18N2O2. The highest BCUT2D eigenvalue weighted by molar-refractivity contribution is 6.09. The molecule has 0 radical (unpaired) electrons. The number of aromatic amines is 1. The Morgan fingerprint density at radius 1 is 1.21 bits per heavy atom. The zero-order chi connectivity index (χ0) is 16.5. The summed E-state index contributed by atoms with van der Waals surface area (Å²) in [7, 11) is 0. The summed E-state index contributed by atoms with van der Waals surface area (Å²) in [5.41, 5.74) is 5.56. The fraction of sp³-hybridized carbons (Fsp3) is 0.200. The maximum atomic E-state index is 11.4. The molecule has 1 atom stereocenters. The molecule has 0 bridgehead atoms. The van der Waals surface area contributed by atoms with Crippen molar-refractivity contribution in [2.45, 2.75) is 19.4 Å². The van der Waals surface area contributed by atoms with Gasteiger partial charge in [-0.15, -0.1) is 0 Å². The van der Waals surface area contributed by atoms with Crippen LogP contribution in [0.5, 0.6) is 0 Å². The maximum absolute atomic E-state index is 11.4. The van der Waals surface area contributed by atoms with Gasteiger partial charge < -0.3 is 9.72 Å². The molecule has 2 heterocycles. The van der Waals surface area contributed by atoms with E-state index < -0.39 is 0 Å². The summed E-state index contributed by atoms with van der Waals surface area (Å²) in [6.07, 6.45) is 2.00. The number of benzene rings is 2. The molecule has 1 aromatic heterocycles. The van der Waals surface area contributed by atoms with Crippen LogP contribution < -0.4 is 0 Å². The highest BCUT2D eigenvalue weighted by atomic mass is 16.5. The van der Waals surface area contributed by atoms with Crippen molar-refractivity contribution in [1.29, 1.82) is 0 Å². The van der Waals surface area contributed by atoms with Crippen molar-refractivity contribution in [3.63, 3.8) is 0 Å². The molecule has 1 aliphatic heterocycles. The number of aromatic nitrogens is 1. The molecular weight excluding hydrogens is 300 g/mol. The van der Waals surface area contributed by atoms with Crippen molar-refractivity contribution in [2.24, 2.45) is 4.99 Å². The summed E-state index contributed by atoms with van der Waals surface area (Å²) in [5, 5.41) is 1.14. The van der Waals surface area contributed by atoms with Crippen molar-refractivity contribution in [2.75, 3.05) is 6.61 Å². The second kappa shape index (κ2) is 5.96. The number of H-pyrrole nitrogens is 1. The third kappa shape index (κ3) is 2.50. The zero-order valence-electron chi connectivity index (χ0n) is 13.5. The number of fused-ring (bicyclic) bond motifs is 2. The quantitative estimate of drug-likeness (QED) is 0.744. The Balaban J connectivity index is 1.80.